The Bertz CT molecular complexity index is 1010. The Balaban J connectivity index is 2.10. The highest BCUT2D eigenvalue weighted by Crippen LogP contribution is 2.36. The van der Waals surface area contributed by atoms with Crippen molar-refractivity contribution < 1.29 is 9.52 Å². The summed E-state index contributed by atoms with van der Waals surface area (Å²) in [6.07, 6.45) is 5.00. The Morgan fingerprint density at radius 3 is 2.87 bits per heavy atom. The predicted octanol–water partition coefficient (Wildman–Crippen LogP) is 3.60. The number of phenolic OH excluding ortho intramolecular Hbond substituents is 1. The van der Waals surface area contributed by atoms with Gasteiger partial charge in [-0.2, -0.15) is 0 Å². The van der Waals surface area contributed by atoms with E-state index in [1.54, 1.807) is 42.9 Å². The molecule has 3 N–H and O–H groups in total. The molecule has 0 saturated carbocycles. The minimum absolute atomic E-state index is 0.0141. The highest BCUT2D eigenvalue weighted by molar-refractivity contribution is 6.32. The molecular weight excluding hydrogens is 316 g/mol. The average Bonchev–Trinajstić information content (AvgIpc) is 3.21. The van der Waals surface area contributed by atoms with Gasteiger partial charge in [-0.25, -0.2) is 9.97 Å². The highest BCUT2D eigenvalue weighted by Gasteiger charge is 2.19. The molecule has 0 unspecified atom stereocenters. The highest BCUT2D eigenvalue weighted by atomic mass is 35.5. The summed E-state index contributed by atoms with van der Waals surface area (Å²) in [6, 6.07) is 8.52. The largest absolute Gasteiger partial charge is 0.506 e. The maximum absolute atomic E-state index is 9.66. The lowest BCUT2D eigenvalue weighted by atomic mass is 10.1. The fraction of sp³-hybridized carbons (Fsp3) is 0. The third-order valence-corrected chi connectivity index (χ3v) is 3.85. The summed E-state index contributed by atoms with van der Waals surface area (Å²) in [4.78, 5) is 8.67. The number of rotatable bonds is 2. The molecule has 6 nitrogen and oxygen atoms in total. The van der Waals surface area contributed by atoms with E-state index in [0.717, 1.165) is 11.3 Å². The molecule has 0 saturated heterocycles. The van der Waals surface area contributed by atoms with Gasteiger partial charge in [0.25, 0.3) is 0 Å². The van der Waals surface area contributed by atoms with Crippen molar-refractivity contribution in [2.24, 2.45) is 0 Å². The van der Waals surface area contributed by atoms with E-state index in [-0.39, 0.29) is 10.8 Å². The van der Waals surface area contributed by atoms with Crippen LogP contribution in [0.1, 0.15) is 0 Å². The number of hydrogen-bond donors (Lipinski definition) is 2. The first-order chi connectivity index (χ1) is 11.1. The quantitative estimate of drug-likeness (QED) is 0.587. The molecule has 4 aromatic rings. The molecule has 0 radical (unpaired) electrons. The van der Waals surface area contributed by atoms with Gasteiger partial charge in [0.1, 0.15) is 11.4 Å². The summed E-state index contributed by atoms with van der Waals surface area (Å²) in [7, 11) is 0. The lowest BCUT2D eigenvalue weighted by Crippen LogP contribution is -2.03. The first kappa shape index (κ1) is 13.7. The van der Waals surface area contributed by atoms with Gasteiger partial charge in [-0.05, 0) is 30.3 Å². The Morgan fingerprint density at radius 1 is 1.26 bits per heavy atom. The summed E-state index contributed by atoms with van der Waals surface area (Å²) in [5.74, 6) is 0.891. The molecule has 7 heteroatoms. The van der Waals surface area contributed by atoms with Crippen molar-refractivity contribution in [3.63, 3.8) is 0 Å². The maximum Gasteiger partial charge on any atom is 0.180 e. The van der Waals surface area contributed by atoms with Crippen molar-refractivity contribution in [1.82, 2.24) is 14.4 Å². The van der Waals surface area contributed by atoms with Gasteiger partial charge in [-0.1, -0.05) is 11.6 Å². The number of fused-ring (bicyclic) bond motifs is 1. The molecule has 0 aliphatic rings. The Morgan fingerprint density at radius 2 is 2.13 bits per heavy atom. The van der Waals surface area contributed by atoms with Gasteiger partial charge in [0.15, 0.2) is 17.2 Å². The number of aromatic hydroxyl groups is 1. The van der Waals surface area contributed by atoms with Gasteiger partial charge in [0.05, 0.1) is 17.0 Å². The molecule has 3 heterocycles. The first-order valence-corrected chi connectivity index (χ1v) is 7.18. The molecule has 0 amide bonds. The first-order valence-electron chi connectivity index (χ1n) is 6.80. The molecule has 0 spiro atoms. The van der Waals surface area contributed by atoms with Crippen molar-refractivity contribution in [3.8, 4) is 28.5 Å². The smallest absolute Gasteiger partial charge is 0.180 e. The summed E-state index contributed by atoms with van der Waals surface area (Å²) in [5, 5.41) is 9.90. The van der Waals surface area contributed by atoms with Crippen LogP contribution in [0.2, 0.25) is 5.02 Å². The molecule has 0 aliphatic carbocycles. The van der Waals surface area contributed by atoms with Crippen LogP contribution in [-0.4, -0.2) is 19.5 Å². The Labute approximate surface area is 135 Å². The van der Waals surface area contributed by atoms with Crippen LogP contribution in [0.3, 0.4) is 0 Å². The third-order valence-electron chi connectivity index (χ3n) is 3.54. The molecular formula is C16H11ClN4O2. The minimum Gasteiger partial charge on any atom is -0.506 e. The van der Waals surface area contributed by atoms with Crippen molar-refractivity contribution in [2.45, 2.75) is 0 Å². The Hall–Kier alpha value is -2.99. The number of benzene rings is 1. The fourth-order valence-corrected chi connectivity index (χ4v) is 2.71. The van der Waals surface area contributed by atoms with Crippen LogP contribution in [0.25, 0.3) is 28.4 Å². The number of anilines is 1. The molecule has 23 heavy (non-hydrogen) atoms. The van der Waals surface area contributed by atoms with Gasteiger partial charge in [-0.15, -0.1) is 0 Å². The number of imidazole rings is 1. The van der Waals surface area contributed by atoms with Crippen LogP contribution in [0.5, 0.6) is 5.75 Å². The monoisotopic (exact) mass is 326 g/mol. The minimum atomic E-state index is 0.0141. The molecule has 0 aliphatic heterocycles. The number of hydrogen-bond acceptors (Lipinski definition) is 5. The van der Waals surface area contributed by atoms with Crippen LogP contribution in [0, 0.1) is 0 Å². The lowest BCUT2D eigenvalue weighted by Gasteiger charge is -2.12. The number of nitrogen functional groups attached to an aromatic ring is 1. The van der Waals surface area contributed by atoms with Crippen LogP contribution >= 0.6 is 11.6 Å². The summed E-state index contributed by atoms with van der Waals surface area (Å²) in [6.45, 7) is 0. The molecule has 0 bridgehead atoms. The molecule has 0 atom stereocenters. The molecule has 1 aromatic carbocycles. The zero-order valence-electron chi connectivity index (χ0n) is 11.8. The third kappa shape index (κ3) is 2.11. The Kier molecular flexibility index (Phi) is 2.99. The van der Waals surface area contributed by atoms with Crippen molar-refractivity contribution in [1.29, 1.82) is 0 Å². The SMILES string of the molecule is Nc1nc(-c2ccco2)c(-c2ccc(O)c(Cl)c2)n2ccnc12. The second-order valence-corrected chi connectivity index (χ2v) is 5.37. The van der Waals surface area contributed by atoms with Gasteiger partial charge in [-0.3, -0.25) is 4.40 Å². The van der Waals surface area contributed by atoms with E-state index in [9.17, 15) is 5.11 Å². The standard InChI is InChI=1S/C16H11ClN4O2/c17-10-8-9(3-4-11(10)22)14-13(12-2-1-7-23-12)20-15(18)16-19-5-6-21(14)16/h1-8,22H,(H2,18,20). The van der Waals surface area contributed by atoms with Gasteiger partial charge >= 0.3 is 0 Å². The number of nitrogens with zero attached hydrogens (tertiary/aromatic N) is 3. The summed E-state index contributed by atoms with van der Waals surface area (Å²) in [5.41, 5.74) is 8.60. The number of nitrogens with two attached hydrogens (primary N) is 1. The number of aromatic nitrogens is 3. The number of furan rings is 1. The van der Waals surface area contributed by atoms with Crippen LogP contribution < -0.4 is 5.73 Å². The van der Waals surface area contributed by atoms with Crippen LogP contribution in [-0.2, 0) is 0 Å². The van der Waals surface area contributed by atoms with E-state index >= 15 is 0 Å². The summed E-state index contributed by atoms with van der Waals surface area (Å²) >= 11 is 6.05. The van der Waals surface area contributed by atoms with Crippen LogP contribution in [0.15, 0.2) is 53.4 Å². The number of phenols is 1. The molecule has 114 valence electrons. The molecule has 3 aromatic heterocycles. The van der Waals surface area contributed by atoms with Gasteiger partial charge < -0.3 is 15.3 Å². The zero-order valence-corrected chi connectivity index (χ0v) is 12.5. The van der Waals surface area contributed by atoms with Gasteiger partial charge in [0.2, 0.25) is 0 Å². The fourth-order valence-electron chi connectivity index (χ4n) is 2.53. The van der Waals surface area contributed by atoms with E-state index in [1.807, 2.05) is 4.40 Å². The maximum atomic E-state index is 9.66. The normalized spacial score (nSPS) is 11.2. The zero-order chi connectivity index (χ0) is 16.0. The van der Waals surface area contributed by atoms with Gasteiger partial charge in [0, 0.05) is 18.0 Å². The number of halogens is 1. The average molecular weight is 327 g/mol. The van der Waals surface area contributed by atoms with E-state index in [1.165, 1.54) is 6.07 Å². The summed E-state index contributed by atoms with van der Waals surface area (Å²) < 4.78 is 7.30. The lowest BCUT2D eigenvalue weighted by molar-refractivity contribution is 0.475. The van der Waals surface area contributed by atoms with Crippen molar-refractivity contribution >= 4 is 23.1 Å². The molecule has 0 fully saturated rings. The van der Waals surface area contributed by atoms with E-state index in [4.69, 9.17) is 21.8 Å². The van der Waals surface area contributed by atoms with Crippen LogP contribution in [0.4, 0.5) is 5.82 Å². The second-order valence-electron chi connectivity index (χ2n) is 4.96. The van der Waals surface area contributed by atoms with Crippen molar-refractivity contribution in [2.75, 3.05) is 5.73 Å². The molecule has 4 rings (SSSR count). The topological polar surface area (TPSA) is 89.6 Å². The van der Waals surface area contributed by atoms with E-state index in [2.05, 4.69) is 9.97 Å². The van der Waals surface area contributed by atoms with Crippen molar-refractivity contribution in [3.05, 3.63) is 54.0 Å². The second kappa shape index (κ2) is 5.03. The predicted molar refractivity (Wildman–Crippen MR) is 87.2 cm³/mol. The van der Waals surface area contributed by atoms with E-state index < -0.39 is 0 Å². The van der Waals surface area contributed by atoms with E-state index in [0.29, 0.717) is 22.9 Å².